The maximum atomic E-state index is 12.5. The summed E-state index contributed by atoms with van der Waals surface area (Å²) in [5, 5.41) is 3.20. The van der Waals surface area contributed by atoms with Crippen LogP contribution in [0.2, 0.25) is 0 Å². The molecule has 7 nitrogen and oxygen atoms in total. The number of carbonyl (C=O) groups is 1. The van der Waals surface area contributed by atoms with Crippen LogP contribution in [0, 0.1) is 13.8 Å². The molecular weight excluding hydrogens is 394 g/mol. The number of benzene rings is 2. The standard InChI is InChI=1S/C24H19N3O4/c1-15-13-16(2)26-24(25-15)31-19-10-8-18(9-11-19)27-22(28)12-7-17-14-30-21-6-4-3-5-20(21)23(17)29/h3-14H,1-2H3,(H,27,28)/b12-7+. The van der Waals surface area contributed by atoms with E-state index in [4.69, 9.17) is 9.15 Å². The minimum atomic E-state index is -0.376. The number of aromatic nitrogens is 2. The second kappa shape index (κ2) is 8.62. The van der Waals surface area contributed by atoms with Gasteiger partial charge in [0.15, 0.2) is 5.43 Å². The molecule has 1 N–H and O–H groups in total. The number of amides is 1. The number of nitrogens with zero attached hydrogens (tertiary/aromatic N) is 2. The van der Waals surface area contributed by atoms with Gasteiger partial charge in [-0.1, -0.05) is 12.1 Å². The summed E-state index contributed by atoms with van der Waals surface area (Å²) in [6, 6.07) is 15.9. The number of para-hydroxylation sites is 1. The number of ether oxygens (including phenoxy) is 1. The fourth-order valence-corrected chi connectivity index (χ4v) is 3.01. The van der Waals surface area contributed by atoms with E-state index in [-0.39, 0.29) is 17.3 Å². The van der Waals surface area contributed by atoms with Crippen LogP contribution in [0.15, 0.2) is 76.1 Å². The average Bonchev–Trinajstić information content (AvgIpc) is 2.74. The number of rotatable bonds is 5. The molecule has 0 atom stereocenters. The van der Waals surface area contributed by atoms with Crippen molar-refractivity contribution < 1.29 is 13.9 Å². The first-order chi connectivity index (χ1) is 15.0. The van der Waals surface area contributed by atoms with E-state index in [0.717, 1.165) is 11.4 Å². The van der Waals surface area contributed by atoms with Gasteiger partial charge in [-0.05, 0) is 62.4 Å². The van der Waals surface area contributed by atoms with Gasteiger partial charge in [-0.15, -0.1) is 0 Å². The molecule has 31 heavy (non-hydrogen) atoms. The van der Waals surface area contributed by atoms with E-state index in [0.29, 0.717) is 28.0 Å². The van der Waals surface area contributed by atoms with Crippen LogP contribution in [0.3, 0.4) is 0 Å². The van der Waals surface area contributed by atoms with E-state index in [1.165, 1.54) is 18.4 Å². The van der Waals surface area contributed by atoms with Crippen molar-refractivity contribution in [1.82, 2.24) is 9.97 Å². The number of aryl methyl sites for hydroxylation is 2. The summed E-state index contributed by atoms with van der Waals surface area (Å²) in [5.41, 5.74) is 2.82. The van der Waals surface area contributed by atoms with E-state index < -0.39 is 0 Å². The number of nitrogens with one attached hydrogen (secondary N) is 1. The molecule has 1 amide bonds. The molecule has 2 aromatic carbocycles. The molecule has 0 saturated carbocycles. The monoisotopic (exact) mass is 413 g/mol. The molecule has 4 rings (SSSR count). The fourth-order valence-electron chi connectivity index (χ4n) is 3.01. The van der Waals surface area contributed by atoms with Gasteiger partial charge in [0.1, 0.15) is 17.6 Å². The highest BCUT2D eigenvalue weighted by atomic mass is 16.5. The van der Waals surface area contributed by atoms with Gasteiger partial charge >= 0.3 is 6.01 Å². The first kappa shape index (κ1) is 20.0. The first-order valence-electron chi connectivity index (χ1n) is 9.58. The van der Waals surface area contributed by atoms with Gasteiger partial charge in [-0.2, -0.15) is 0 Å². The van der Waals surface area contributed by atoms with Crippen LogP contribution >= 0.6 is 0 Å². The highest BCUT2D eigenvalue weighted by Crippen LogP contribution is 2.21. The Kier molecular flexibility index (Phi) is 5.57. The predicted octanol–water partition coefficient (Wildman–Crippen LogP) is 4.64. The third-order valence-corrected chi connectivity index (χ3v) is 4.41. The molecule has 0 aliphatic rings. The lowest BCUT2D eigenvalue weighted by Gasteiger charge is -2.07. The molecular formula is C24H19N3O4. The van der Waals surface area contributed by atoms with Crippen molar-refractivity contribution in [3.63, 3.8) is 0 Å². The highest BCUT2D eigenvalue weighted by Gasteiger charge is 2.06. The van der Waals surface area contributed by atoms with E-state index in [9.17, 15) is 9.59 Å². The van der Waals surface area contributed by atoms with Crippen LogP contribution in [-0.4, -0.2) is 15.9 Å². The lowest BCUT2D eigenvalue weighted by Crippen LogP contribution is -2.09. The van der Waals surface area contributed by atoms with Gasteiger partial charge in [0, 0.05) is 23.2 Å². The third-order valence-electron chi connectivity index (χ3n) is 4.41. The molecule has 0 aliphatic heterocycles. The fraction of sp³-hybridized carbons (Fsp3) is 0.0833. The van der Waals surface area contributed by atoms with Crippen molar-refractivity contribution in [1.29, 1.82) is 0 Å². The van der Waals surface area contributed by atoms with Crippen molar-refractivity contribution in [3.8, 4) is 11.8 Å². The van der Waals surface area contributed by atoms with E-state index >= 15 is 0 Å². The van der Waals surface area contributed by atoms with Crippen molar-refractivity contribution in [3.05, 3.63) is 94.1 Å². The van der Waals surface area contributed by atoms with Gasteiger partial charge in [-0.25, -0.2) is 9.97 Å². The quantitative estimate of drug-likeness (QED) is 0.479. The summed E-state index contributed by atoms with van der Waals surface area (Å²) in [5.74, 6) is 0.172. The first-order valence-corrected chi connectivity index (χ1v) is 9.58. The van der Waals surface area contributed by atoms with Crippen molar-refractivity contribution >= 4 is 28.6 Å². The Morgan fingerprint density at radius 3 is 2.48 bits per heavy atom. The van der Waals surface area contributed by atoms with E-state index in [2.05, 4.69) is 15.3 Å². The summed E-state index contributed by atoms with van der Waals surface area (Å²) in [6.45, 7) is 3.74. The summed E-state index contributed by atoms with van der Waals surface area (Å²) < 4.78 is 11.1. The SMILES string of the molecule is Cc1cc(C)nc(Oc2ccc(NC(=O)/C=C/c3coc4ccccc4c3=O)cc2)n1. The summed E-state index contributed by atoms with van der Waals surface area (Å²) >= 11 is 0. The van der Waals surface area contributed by atoms with Gasteiger partial charge in [-0.3, -0.25) is 9.59 Å². The smallest absolute Gasteiger partial charge is 0.322 e. The normalized spacial score (nSPS) is 11.0. The second-order valence-corrected chi connectivity index (χ2v) is 6.90. The Hall–Kier alpha value is -4.26. The number of carbonyl (C=O) groups excluding carboxylic acids is 1. The van der Waals surface area contributed by atoms with Gasteiger partial charge < -0.3 is 14.5 Å². The maximum Gasteiger partial charge on any atom is 0.322 e. The average molecular weight is 413 g/mol. The van der Waals surface area contributed by atoms with Crippen LogP contribution < -0.4 is 15.5 Å². The summed E-state index contributed by atoms with van der Waals surface area (Å²) in [6.07, 6.45) is 4.06. The summed E-state index contributed by atoms with van der Waals surface area (Å²) in [4.78, 5) is 33.2. The number of hydrogen-bond donors (Lipinski definition) is 1. The molecule has 2 aromatic heterocycles. The summed E-state index contributed by atoms with van der Waals surface area (Å²) in [7, 11) is 0. The van der Waals surface area contributed by atoms with Crippen LogP contribution in [0.5, 0.6) is 11.8 Å². The van der Waals surface area contributed by atoms with E-state index in [1.807, 2.05) is 19.9 Å². The largest absolute Gasteiger partial charge is 0.463 e. The molecule has 0 saturated heterocycles. The van der Waals surface area contributed by atoms with Crippen LogP contribution in [0.1, 0.15) is 17.0 Å². The van der Waals surface area contributed by atoms with Crippen LogP contribution in [0.4, 0.5) is 5.69 Å². The molecule has 0 aliphatic carbocycles. The van der Waals surface area contributed by atoms with Crippen LogP contribution in [-0.2, 0) is 4.79 Å². The topological polar surface area (TPSA) is 94.3 Å². The number of anilines is 1. The highest BCUT2D eigenvalue weighted by molar-refractivity contribution is 6.02. The van der Waals surface area contributed by atoms with Crippen molar-refractivity contribution in [2.24, 2.45) is 0 Å². The molecule has 2 heterocycles. The molecule has 0 fully saturated rings. The van der Waals surface area contributed by atoms with Crippen LogP contribution in [0.25, 0.3) is 17.0 Å². The lowest BCUT2D eigenvalue weighted by atomic mass is 10.1. The molecule has 0 radical (unpaired) electrons. The predicted molar refractivity (Wildman–Crippen MR) is 118 cm³/mol. The number of hydrogen-bond acceptors (Lipinski definition) is 6. The van der Waals surface area contributed by atoms with Gasteiger partial charge in [0.2, 0.25) is 5.91 Å². The molecule has 0 unspecified atom stereocenters. The Morgan fingerprint density at radius 2 is 1.74 bits per heavy atom. The zero-order valence-electron chi connectivity index (χ0n) is 17.0. The second-order valence-electron chi connectivity index (χ2n) is 6.90. The molecule has 0 spiro atoms. The minimum Gasteiger partial charge on any atom is -0.463 e. The van der Waals surface area contributed by atoms with Gasteiger partial charge in [0.05, 0.1) is 10.9 Å². The molecule has 0 bridgehead atoms. The van der Waals surface area contributed by atoms with Crippen molar-refractivity contribution in [2.75, 3.05) is 5.32 Å². The molecule has 154 valence electrons. The Bertz CT molecular complexity index is 1320. The third kappa shape index (κ3) is 4.84. The Labute approximate surface area is 178 Å². The minimum absolute atomic E-state index is 0.194. The zero-order chi connectivity index (χ0) is 21.8. The number of fused-ring (bicyclic) bond motifs is 1. The maximum absolute atomic E-state index is 12.5. The van der Waals surface area contributed by atoms with Gasteiger partial charge in [0.25, 0.3) is 0 Å². The molecule has 7 heteroatoms. The van der Waals surface area contributed by atoms with Crippen molar-refractivity contribution in [2.45, 2.75) is 13.8 Å². The molecule has 4 aromatic rings. The Morgan fingerprint density at radius 1 is 1.03 bits per heavy atom. The Balaban J connectivity index is 1.42. The zero-order valence-corrected chi connectivity index (χ0v) is 17.0. The van der Waals surface area contributed by atoms with E-state index in [1.54, 1.807) is 48.5 Å². The lowest BCUT2D eigenvalue weighted by molar-refractivity contribution is -0.111.